The van der Waals surface area contributed by atoms with E-state index >= 15 is 0 Å². The second kappa shape index (κ2) is 9.82. The van der Waals surface area contributed by atoms with E-state index in [2.05, 4.69) is 20.5 Å². The third-order valence-electron chi connectivity index (χ3n) is 3.13. The van der Waals surface area contributed by atoms with Crippen LogP contribution in [0.3, 0.4) is 0 Å². The molecule has 0 bridgehead atoms. The van der Waals surface area contributed by atoms with E-state index in [1.165, 1.54) is 0 Å². The van der Waals surface area contributed by atoms with Gasteiger partial charge in [0.25, 0.3) is 0 Å². The predicted molar refractivity (Wildman–Crippen MR) is 99.2 cm³/mol. The number of rotatable bonds is 7. The summed E-state index contributed by atoms with van der Waals surface area (Å²) in [4.78, 5) is 27.1. The van der Waals surface area contributed by atoms with Crippen LogP contribution in [-0.4, -0.2) is 30.2 Å². The summed E-state index contributed by atoms with van der Waals surface area (Å²) in [6.45, 7) is 2.10. The van der Waals surface area contributed by atoms with E-state index in [0.717, 1.165) is 0 Å². The van der Waals surface area contributed by atoms with Crippen LogP contribution in [0.2, 0.25) is 0 Å². The van der Waals surface area contributed by atoms with Gasteiger partial charge in [0.1, 0.15) is 17.2 Å². The highest BCUT2D eigenvalue weighted by Gasteiger charge is 2.10. The van der Waals surface area contributed by atoms with Crippen molar-refractivity contribution in [2.75, 3.05) is 24.2 Å². The molecule has 0 unspecified atom stereocenters. The Morgan fingerprint density at radius 1 is 1.15 bits per heavy atom. The van der Waals surface area contributed by atoms with Crippen molar-refractivity contribution in [3.63, 3.8) is 0 Å². The molecular weight excluding hydrogens is 352 g/mol. The number of amides is 1. The van der Waals surface area contributed by atoms with E-state index in [0.29, 0.717) is 5.69 Å². The largest absolute Gasteiger partial charge is 0.513 e. The summed E-state index contributed by atoms with van der Waals surface area (Å²) in [5, 5.41) is 10.6. The molecule has 0 fully saturated rings. The van der Waals surface area contributed by atoms with E-state index in [4.69, 9.17) is 20.9 Å². The fourth-order valence-electron chi connectivity index (χ4n) is 1.93. The highest BCUT2D eigenvalue weighted by Crippen LogP contribution is 2.30. The van der Waals surface area contributed by atoms with Crippen molar-refractivity contribution >= 4 is 35.1 Å². The molecular formula is C17H20N6O4. The van der Waals surface area contributed by atoms with Crippen molar-refractivity contribution in [3.05, 3.63) is 36.4 Å². The molecule has 0 aliphatic carbocycles. The summed E-state index contributed by atoms with van der Waals surface area (Å²) in [6.07, 6.45) is -0.654. The third-order valence-corrected chi connectivity index (χ3v) is 3.13. The number of para-hydroxylation sites is 1. The van der Waals surface area contributed by atoms with Crippen molar-refractivity contribution < 1.29 is 19.1 Å². The number of benzene rings is 1. The Labute approximate surface area is 155 Å². The molecule has 2 aromatic rings. The van der Waals surface area contributed by atoms with Gasteiger partial charge in [-0.1, -0.05) is 12.1 Å². The van der Waals surface area contributed by atoms with Crippen LogP contribution in [0, 0.1) is 0 Å². The zero-order valence-corrected chi connectivity index (χ0v) is 14.7. The first-order chi connectivity index (χ1) is 13.0. The summed E-state index contributed by atoms with van der Waals surface area (Å²) in [6, 6.07) is 9.66. The van der Waals surface area contributed by atoms with Crippen LogP contribution in [0.1, 0.15) is 13.3 Å². The molecule has 0 aliphatic heterocycles. The Bertz CT molecular complexity index is 840. The highest BCUT2D eigenvalue weighted by atomic mass is 16.7. The molecule has 0 radical (unpaired) electrons. The van der Waals surface area contributed by atoms with Gasteiger partial charge in [-0.3, -0.25) is 4.79 Å². The number of azo groups is 1. The van der Waals surface area contributed by atoms with Gasteiger partial charge in [0.05, 0.1) is 6.61 Å². The SMILES string of the molecule is CCOC(=O)Oc1ccccc1/N=N/c1ccc(NC(=O)CCN)nc1N. The second-order valence-electron chi connectivity index (χ2n) is 5.14. The molecule has 0 atom stereocenters. The minimum atomic E-state index is -0.834. The molecule has 1 aromatic carbocycles. The molecule has 10 heteroatoms. The molecule has 0 saturated carbocycles. The molecule has 0 spiro atoms. The summed E-state index contributed by atoms with van der Waals surface area (Å²) in [5.74, 6) is 0.296. The Morgan fingerprint density at radius 2 is 1.89 bits per heavy atom. The van der Waals surface area contributed by atoms with E-state index in [9.17, 15) is 9.59 Å². The summed E-state index contributed by atoms with van der Waals surface area (Å²) in [7, 11) is 0. The second-order valence-corrected chi connectivity index (χ2v) is 5.14. The topological polar surface area (TPSA) is 154 Å². The average molecular weight is 372 g/mol. The number of hydrogen-bond acceptors (Lipinski definition) is 9. The number of pyridine rings is 1. The van der Waals surface area contributed by atoms with Gasteiger partial charge >= 0.3 is 6.16 Å². The molecule has 5 N–H and O–H groups in total. The summed E-state index contributed by atoms with van der Waals surface area (Å²) < 4.78 is 9.81. The smallest absolute Gasteiger partial charge is 0.434 e. The van der Waals surface area contributed by atoms with Crippen molar-refractivity contribution in [3.8, 4) is 5.75 Å². The first kappa shape index (κ1) is 19.8. The number of nitrogens with two attached hydrogens (primary N) is 2. The molecule has 10 nitrogen and oxygen atoms in total. The van der Waals surface area contributed by atoms with Gasteiger partial charge < -0.3 is 26.3 Å². The van der Waals surface area contributed by atoms with E-state index in [1.807, 2.05) is 0 Å². The average Bonchev–Trinajstić information content (AvgIpc) is 2.62. The maximum absolute atomic E-state index is 11.5. The van der Waals surface area contributed by atoms with Crippen LogP contribution in [0.4, 0.5) is 27.8 Å². The van der Waals surface area contributed by atoms with Gasteiger partial charge in [0.2, 0.25) is 5.91 Å². The summed E-state index contributed by atoms with van der Waals surface area (Å²) >= 11 is 0. The lowest BCUT2D eigenvalue weighted by atomic mass is 10.3. The lowest BCUT2D eigenvalue weighted by Crippen LogP contribution is -2.17. The van der Waals surface area contributed by atoms with Crippen LogP contribution in [0.15, 0.2) is 46.6 Å². The van der Waals surface area contributed by atoms with Gasteiger partial charge in [-0.25, -0.2) is 9.78 Å². The predicted octanol–water partition coefficient (Wildman–Crippen LogP) is 2.90. The van der Waals surface area contributed by atoms with E-state index in [1.54, 1.807) is 43.3 Å². The normalized spacial score (nSPS) is 10.6. The zero-order chi connectivity index (χ0) is 19.6. The molecule has 0 saturated heterocycles. The molecule has 1 heterocycles. The number of carbonyl (C=O) groups is 2. The molecule has 0 aliphatic rings. The fraction of sp³-hybridized carbons (Fsp3) is 0.235. The standard InChI is InChI=1S/C17H20N6O4/c1-2-26-17(25)27-13-6-4-3-5-11(13)22-23-12-7-8-14(21-16(12)19)20-15(24)9-10-18/h3-8H,2,9-10,18H2,1H3,(H3,19,20,21,24)/b23-22+. The van der Waals surface area contributed by atoms with Crippen molar-refractivity contribution in [2.45, 2.75) is 13.3 Å². The minimum Gasteiger partial charge on any atom is -0.434 e. The van der Waals surface area contributed by atoms with Crippen LogP contribution in [-0.2, 0) is 9.53 Å². The van der Waals surface area contributed by atoms with Crippen LogP contribution in [0.5, 0.6) is 5.75 Å². The maximum atomic E-state index is 11.5. The third kappa shape index (κ3) is 6.04. The molecule has 1 aromatic heterocycles. The van der Waals surface area contributed by atoms with Crippen LogP contribution in [0.25, 0.3) is 0 Å². The van der Waals surface area contributed by atoms with Gasteiger partial charge in [-0.15, -0.1) is 10.2 Å². The number of carbonyl (C=O) groups excluding carboxylic acids is 2. The maximum Gasteiger partial charge on any atom is 0.513 e. The Morgan fingerprint density at radius 3 is 2.59 bits per heavy atom. The Balaban J connectivity index is 2.14. The van der Waals surface area contributed by atoms with Gasteiger partial charge in [0, 0.05) is 13.0 Å². The number of aromatic nitrogens is 1. The summed E-state index contributed by atoms with van der Waals surface area (Å²) in [5.41, 5.74) is 11.8. The number of nitrogens with one attached hydrogen (secondary N) is 1. The van der Waals surface area contributed by atoms with Gasteiger partial charge in [0.15, 0.2) is 11.6 Å². The van der Waals surface area contributed by atoms with Gasteiger partial charge in [-0.05, 0) is 31.2 Å². The highest BCUT2D eigenvalue weighted by molar-refractivity contribution is 5.90. The Kier molecular flexibility index (Phi) is 7.20. The number of nitrogens with zero attached hydrogens (tertiary/aromatic N) is 3. The first-order valence-corrected chi connectivity index (χ1v) is 8.15. The van der Waals surface area contributed by atoms with Crippen molar-refractivity contribution in [1.29, 1.82) is 0 Å². The minimum absolute atomic E-state index is 0.0769. The van der Waals surface area contributed by atoms with E-state index in [-0.39, 0.29) is 48.6 Å². The van der Waals surface area contributed by atoms with Crippen LogP contribution >= 0.6 is 0 Å². The lowest BCUT2D eigenvalue weighted by Gasteiger charge is -2.07. The Hall–Kier alpha value is -3.53. The number of ether oxygens (including phenoxy) is 2. The molecule has 142 valence electrons. The quantitative estimate of drug-likeness (QED) is 0.383. The van der Waals surface area contributed by atoms with E-state index < -0.39 is 6.16 Å². The number of anilines is 2. The molecule has 27 heavy (non-hydrogen) atoms. The number of hydrogen-bond donors (Lipinski definition) is 3. The molecule has 1 amide bonds. The molecule has 2 rings (SSSR count). The van der Waals surface area contributed by atoms with Crippen LogP contribution < -0.4 is 21.5 Å². The monoisotopic (exact) mass is 372 g/mol. The van der Waals surface area contributed by atoms with Crippen molar-refractivity contribution in [1.82, 2.24) is 4.98 Å². The van der Waals surface area contributed by atoms with Gasteiger partial charge in [-0.2, -0.15) is 0 Å². The lowest BCUT2D eigenvalue weighted by molar-refractivity contribution is -0.116. The fourth-order valence-corrected chi connectivity index (χ4v) is 1.93. The first-order valence-electron chi connectivity index (χ1n) is 8.15. The number of nitrogen functional groups attached to an aromatic ring is 1. The van der Waals surface area contributed by atoms with Crippen molar-refractivity contribution in [2.24, 2.45) is 16.0 Å². The zero-order valence-electron chi connectivity index (χ0n) is 14.7.